The smallest absolute Gasteiger partial charge is 0.307 e. The Morgan fingerprint density at radius 2 is 2.20 bits per heavy atom. The molecule has 0 fully saturated rings. The maximum atomic E-state index is 10.6. The molecule has 0 bridgehead atoms. The van der Waals surface area contributed by atoms with Crippen molar-refractivity contribution < 1.29 is 9.90 Å². The van der Waals surface area contributed by atoms with Crippen molar-refractivity contribution in [3.05, 3.63) is 47.2 Å². The molecule has 2 rings (SSSR count). The predicted octanol–water partition coefficient (Wildman–Crippen LogP) is 2.02. The summed E-state index contributed by atoms with van der Waals surface area (Å²) in [4.78, 5) is 14.7. The molecule has 0 saturated carbocycles. The van der Waals surface area contributed by atoms with Gasteiger partial charge in [-0.15, -0.1) is 0 Å². The average molecular weight is 201 g/mol. The fourth-order valence-corrected chi connectivity index (χ4v) is 1.64. The molecular weight excluding hydrogens is 190 g/mol. The Hall–Kier alpha value is -1.90. The van der Waals surface area contributed by atoms with Crippen molar-refractivity contribution in [1.29, 1.82) is 0 Å². The van der Waals surface area contributed by atoms with E-state index in [1.165, 1.54) is 0 Å². The van der Waals surface area contributed by atoms with E-state index in [2.05, 4.69) is 4.99 Å². The Bertz CT molecular complexity index is 447. The Balaban J connectivity index is 2.27. The van der Waals surface area contributed by atoms with Gasteiger partial charge in [0, 0.05) is 12.4 Å². The van der Waals surface area contributed by atoms with Gasteiger partial charge in [0.2, 0.25) is 0 Å². The van der Waals surface area contributed by atoms with E-state index < -0.39 is 5.97 Å². The molecule has 0 aromatic heterocycles. The van der Waals surface area contributed by atoms with Gasteiger partial charge in [0.1, 0.15) is 0 Å². The minimum absolute atomic E-state index is 0.0612. The van der Waals surface area contributed by atoms with Crippen molar-refractivity contribution >= 4 is 12.2 Å². The fourth-order valence-electron chi connectivity index (χ4n) is 1.64. The lowest BCUT2D eigenvalue weighted by atomic mass is 10.00. The lowest BCUT2D eigenvalue weighted by Gasteiger charge is -2.04. The summed E-state index contributed by atoms with van der Waals surface area (Å²) < 4.78 is 0. The van der Waals surface area contributed by atoms with E-state index >= 15 is 0 Å². The molecule has 15 heavy (non-hydrogen) atoms. The van der Waals surface area contributed by atoms with Gasteiger partial charge in [-0.3, -0.25) is 9.79 Å². The first-order chi connectivity index (χ1) is 7.25. The highest BCUT2D eigenvalue weighted by molar-refractivity contribution is 5.83. The van der Waals surface area contributed by atoms with E-state index in [1.54, 1.807) is 12.4 Å². The van der Waals surface area contributed by atoms with Gasteiger partial charge in [0.25, 0.3) is 0 Å². The van der Waals surface area contributed by atoms with Crippen LogP contribution < -0.4 is 0 Å². The third kappa shape index (κ3) is 2.31. The number of nitrogens with zero attached hydrogens (tertiary/aromatic N) is 1. The molecule has 1 aliphatic heterocycles. The van der Waals surface area contributed by atoms with E-state index in [0.29, 0.717) is 6.42 Å². The van der Waals surface area contributed by atoms with E-state index in [0.717, 1.165) is 16.7 Å². The number of fused-ring (bicyclic) bond motifs is 1. The average Bonchev–Trinajstić information content (AvgIpc) is 2.38. The van der Waals surface area contributed by atoms with Crippen LogP contribution in [0.1, 0.15) is 17.5 Å². The molecule has 0 radical (unpaired) electrons. The van der Waals surface area contributed by atoms with Crippen molar-refractivity contribution in [1.82, 2.24) is 0 Å². The first-order valence-corrected chi connectivity index (χ1v) is 4.76. The highest BCUT2D eigenvalue weighted by atomic mass is 16.4. The zero-order valence-corrected chi connectivity index (χ0v) is 8.18. The summed E-state index contributed by atoms with van der Waals surface area (Å²) in [6.45, 7) is 0. The topological polar surface area (TPSA) is 49.7 Å². The van der Waals surface area contributed by atoms with Crippen LogP contribution in [0.4, 0.5) is 0 Å². The minimum Gasteiger partial charge on any atom is -0.481 e. The molecule has 1 aromatic carbocycles. The molecule has 1 aromatic rings. The predicted molar refractivity (Wildman–Crippen MR) is 58.1 cm³/mol. The molecular formula is C12H11NO2. The summed E-state index contributed by atoms with van der Waals surface area (Å²) in [7, 11) is 0. The van der Waals surface area contributed by atoms with Crippen LogP contribution in [-0.2, 0) is 11.2 Å². The number of aliphatic carboxylic acids is 1. The van der Waals surface area contributed by atoms with Crippen LogP contribution in [0.2, 0.25) is 0 Å². The van der Waals surface area contributed by atoms with Gasteiger partial charge in [0.15, 0.2) is 0 Å². The van der Waals surface area contributed by atoms with Crippen LogP contribution in [0.5, 0.6) is 0 Å². The number of carboxylic acids is 1. The van der Waals surface area contributed by atoms with Crippen molar-refractivity contribution in [2.24, 2.45) is 4.99 Å². The molecule has 3 heteroatoms. The largest absolute Gasteiger partial charge is 0.481 e. The number of hydrogen-bond donors (Lipinski definition) is 1. The molecule has 0 saturated heterocycles. The lowest BCUT2D eigenvalue weighted by molar-refractivity contribution is -0.136. The number of benzene rings is 1. The molecule has 1 heterocycles. The van der Waals surface area contributed by atoms with Gasteiger partial charge < -0.3 is 5.11 Å². The molecule has 0 atom stereocenters. The Labute approximate surface area is 87.8 Å². The van der Waals surface area contributed by atoms with Gasteiger partial charge in [-0.1, -0.05) is 24.3 Å². The molecule has 1 aliphatic rings. The second-order valence-corrected chi connectivity index (χ2v) is 3.51. The molecule has 3 nitrogen and oxygen atoms in total. The monoisotopic (exact) mass is 201 g/mol. The zero-order chi connectivity index (χ0) is 10.7. The molecule has 0 amide bonds. The molecule has 76 valence electrons. The fraction of sp³-hybridized carbons (Fsp3) is 0.167. The standard InChI is InChI=1S/C12H11NO2/c14-12(15)6-9-5-10-3-1-2-4-11(10)8-13-7-9/h1-4,7-8H,5-6H2,(H,14,15). The van der Waals surface area contributed by atoms with Crippen LogP contribution in [0.15, 0.2) is 41.0 Å². The number of rotatable bonds is 2. The van der Waals surface area contributed by atoms with Crippen LogP contribution in [0.3, 0.4) is 0 Å². The zero-order valence-electron chi connectivity index (χ0n) is 8.18. The van der Waals surface area contributed by atoms with Crippen LogP contribution in [0.25, 0.3) is 0 Å². The summed E-state index contributed by atoms with van der Waals surface area (Å²) in [5, 5.41) is 8.71. The van der Waals surface area contributed by atoms with Gasteiger partial charge in [0.05, 0.1) is 6.42 Å². The Kier molecular flexibility index (Phi) is 2.63. The first-order valence-electron chi connectivity index (χ1n) is 4.76. The highest BCUT2D eigenvalue weighted by Gasteiger charge is 2.09. The molecule has 0 spiro atoms. The SMILES string of the molecule is O=C(O)CC1=CN=Cc2ccccc2C1. The van der Waals surface area contributed by atoms with Crippen molar-refractivity contribution in [2.45, 2.75) is 12.8 Å². The third-order valence-electron chi connectivity index (χ3n) is 2.32. The van der Waals surface area contributed by atoms with Gasteiger partial charge in [-0.05, 0) is 23.1 Å². The summed E-state index contributed by atoms with van der Waals surface area (Å²) in [6.07, 6.45) is 4.15. The van der Waals surface area contributed by atoms with Crippen molar-refractivity contribution in [3.8, 4) is 0 Å². The summed E-state index contributed by atoms with van der Waals surface area (Å²) >= 11 is 0. The summed E-state index contributed by atoms with van der Waals surface area (Å²) in [6, 6.07) is 7.89. The van der Waals surface area contributed by atoms with E-state index in [1.807, 2.05) is 24.3 Å². The lowest BCUT2D eigenvalue weighted by Crippen LogP contribution is -2.00. The number of carbonyl (C=O) groups is 1. The van der Waals surface area contributed by atoms with Gasteiger partial charge in [-0.25, -0.2) is 0 Å². The van der Waals surface area contributed by atoms with Crippen LogP contribution in [-0.4, -0.2) is 17.3 Å². The maximum absolute atomic E-state index is 10.6. The summed E-state index contributed by atoms with van der Waals surface area (Å²) in [5.74, 6) is -0.809. The van der Waals surface area contributed by atoms with Gasteiger partial charge in [-0.2, -0.15) is 0 Å². The van der Waals surface area contributed by atoms with E-state index in [4.69, 9.17) is 5.11 Å². The molecule has 0 aliphatic carbocycles. The molecule has 1 N–H and O–H groups in total. The van der Waals surface area contributed by atoms with Crippen LogP contribution in [0, 0.1) is 0 Å². The number of carboxylic acid groups (broad SMARTS) is 1. The third-order valence-corrected chi connectivity index (χ3v) is 2.32. The Morgan fingerprint density at radius 1 is 1.40 bits per heavy atom. The molecule has 0 unspecified atom stereocenters. The Morgan fingerprint density at radius 3 is 3.00 bits per heavy atom. The number of hydrogen-bond acceptors (Lipinski definition) is 2. The van der Waals surface area contributed by atoms with E-state index in [9.17, 15) is 4.79 Å². The second-order valence-electron chi connectivity index (χ2n) is 3.51. The first kappa shape index (κ1) is 9.65. The van der Waals surface area contributed by atoms with Crippen LogP contribution >= 0.6 is 0 Å². The van der Waals surface area contributed by atoms with E-state index in [-0.39, 0.29) is 6.42 Å². The summed E-state index contributed by atoms with van der Waals surface area (Å²) in [5.41, 5.74) is 3.03. The normalized spacial score (nSPS) is 14.0. The highest BCUT2D eigenvalue weighted by Crippen LogP contribution is 2.17. The minimum atomic E-state index is -0.809. The van der Waals surface area contributed by atoms with Crippen molar-refractivity contribution in [2.75, 3.05) is 0 Å². The van der Waals surface area contributed by atoms with Gasteiger partial charge >= 0.3 is 5.97 Å². The number of aliphatic imine (C=N–C) groups is 1. The second kappa shape index (κ2) is 4.09. The maximum Gasteiger partial charge on any atom is 0.307 e. The quantitative estimate of drug-likeness (QED) is 0.795. The van der Waals surface area contributed by atoms with Crippen molar-refractivity contribution in [3.63, 3.8) is 0 Å².